The van der Waals surface area contributed by atoms with Gasteiger partial charge >= 0.3 is 0 Å². The van der Waals surface area contributed by atoms with Crippen molar-refractivity contribution in [2.45, 2.75) is 43.5 Å². The third kappa shape index (κ3) is 4.95. The van der Waals surface area contributed by atoms with Gasteiger partial charge in [-0.15, -0.1) is 11.3 Å². The summed E-state index contributed by atoms with van der Waals surface area (Å²) in [5, 5.41) is 4.96. The highest BCUT2D eigenvalue weighted by atomic mass is 32.2. The first kappa shape index (κ1) is 22.3. The summed E-state index contributed by atoms with van der Waals surface area (Å²) in [6.45, 7) is 4.39. The Kier molecular flexibility index (Phi) is 6.95. The van der Waals surface area contributed by atoms with Crippen LogP contribution in [0, 0.1) is 0 Å². The van der Waals surface area contributed by atoms with Crippen molar-refractivity contribution < 1.29 is 17.9 Å². The summed E-state index contributed by atoms with van der Waals surface area (Å²) in [6.07, 6.45) is 3.84. The zero-order chi connectivity index (χ0) is 21.8. The van der Waals surface area contributed by atoms with Gasteiger partial charge in [-0.25, -0.2) is 8.42 Å². The van der Waals surface area contributed by atoms with E-state index in [9.17, 15) is 13.2 Å². The van der Waals surface area contributed by atoms with Gasteiger partial charge in [0.05, 0.1) is 13.2 Å². The number of carbonyl (C=O) groups excluding carboxylic acids is 1. The molecule has 1 amide bonds. The topological polar surface area (TPSA) is 79.0 Å². The Morgan fingerprint density at radius 2 is 2.00 bits per heavy atom. The maximum absolute atomic E-state index is 13.1. The number of amides is 1. The number of ether oxygens (including phenoxy) is 1. The van der Waals surface area contributed by atoms with Gasteiger partial charge in [0, 0.05) is 29.7 Å². The van der Waals surface area contributed by atoms with E-state index in [1.165, 1.54) is 15.2 Å². The molecule has 0 aliphatic carbocycles. The van der Waals surface area contributed by atoms with Crippen molar-refractivity contribution in [3.05, 3.63) is 40.6 Å². The van der Waals surface area contributed by atoms with E-state index in [0.717, 1.165) is 32.2 Å². The smallest absolute Gasteiger partial charge is 0.246 e. The molecule has 0 spiro atoms. The molecular weight excluding hydrogens is 434 g/mol. The molecule has 1 N–H and O–H groups in total. The second kappa shape index (κ2) is 9.68. The fraction of sp³-hybridized carbons (Fsp3) is 0.500. The molecule has 168 valence electrons. The summed E-state index contributed by atoms with van der Waals surface area (Å²) in [5.41, 5.74) is 0.470. The molecule has 2 aliphatic rings. The summed E-state index contributed by atoms with van der Waals surface area (Å²) in [7, 11) is -3.66. The molecule has 0 radical (unpaired) electrons. The van der Waals surface area contributed by atoms with Crippen molar-refractivity contribution in [2.24, 2.45) is 0 Å². The summed E-state index contributed by atoms with van der Waals surface area (Å²) >= 11 is 1.72. The fourth-order valence-electron chi connectivity index (χ4n) is 4.33. The first-order chi connectivity index (χ1) is 15.0. The van der Waals surface area contributed by atoms with Gasteiger partial charge in [-0.2, -0.15) is 4.31 Å². The van der Waals surface area contributed by atoms with Gasteiger partial charge in [0.15, 0.2) is 0 Å². The summed E-state index contributed by atoms with van der Waals surface area (Å²) in [6, 6.07) is 9.29. The molecule has 4 rings (SSSR count). The molecule has 2 saturated heterocycles. The van der Waals surface area contributed by atoms with Crippen LogP contribution >= 0.6 is 11.3 Å². The van der Waals surface area contributed by atoms with Gasteiger partial charge in [0.25, 0.3) is 0 Å². The lowest BCUT2D eigenvalue weighted by atomic mass is 10.2. The molecule has 9 heteroatoms. The Hall–Kier alpha value is -1.94. The molecule has 2 fully saturated rings. The second-order valence-electron chi connectivity index (χ2n) is 7.90. The van der Waals surface area contributed by atoms with E-state index in [1.54, 1.807) is 23.5 Å². The number of anilines is 1. The van der Waals surface area contributed by atoms with Crippen LogP contribution in [0.15, 0.2) is 40.6 Å². The summed E-state index contributed by atoms with van der Waals surface area (Å²) in [4.78, 5) is 16.4. The fourth-order valence-corrected chi connectivity index (χ4v) is 6.90. The number of carbonyl (C=O) groups is 1. The van der Waals surface area contributed by atoms with Crippen LogP contribution in [0.4, 0.5) is 5.69 Å². The van der Waals surface area contributed by atoms with E-state index < -0.39 is 10.0 Å². The number of rotatable bonds is 8. The van der Waals surface area contributed by atoms with E-state index in [4.69, 9.17) is 4.74 Å². The van der Waals surface area contributed by atoms with E-state index in [2.05, 4.69) is 21.7 Å². The second-order valence-corrected chi connectivity index (χ2v) is 10.8. The van der Waals surface area contributed by atoms with E-state index in [0.29, 0.717) is 31.1 Å². The average Bonchev–Trinajstić information content (AvgIpc) is 3.51. The minimum Gasteiger partial charge on any atom is -0.492 e. The number of benzene rings is 1. The average molecular weight is 464 g/mol. The molecule has 1 aromatic carbocycles. The largest absolute Gasteiger partial charge is 0.492 e. The monoisotopic (exact) mass is 463 g/mol. The van der Waals surface area contributed by atoms with E-state index in [1.807, 2.05) is 13.0 Å². The molecule has 3 heterocycles. The van der Waals surface area contributed by atoms with Crippen LogP contribution in [0.5, 0.6) is 5.75 Å². The van der Waals surface area contributed by atoms with Gasteiger partial charge in [-0.3, -0.25) is 9.69 Å². The van der Waals surface area contributed by atoms with Crippen LogP contribution in [-0.2, 0) is 14.8 Å². The third-order valence-corrected chi connectivity index (χ3v) is 8.69. The molecule has 2 aromatic rings. The SMILES string of the molecule is CCOc1ccc(NC(=O)CN2CCC[C@@H]2c2cccs2)cc1S(=O)(=O)N1CCCC1. The Morgan fingerprint density at radius 3 is 2.71 bits per heavy atom. The molecule has 1 aromatic heterocycles. The van der Waals surface area contributed by atoms with Crippen molar-refractivity contribution in [1.29, 1.82) is 0 Å². The number of sulfonamides is 1. The number of nitrogens with one attached hydrogen (secondary N) is 1. The minimum absolute atomic E-state index is 0.117. The van der Waals surface area contributed by atoms with Crippen LogP contribution in [-0.4, -0.2) is 56.3 Å². The number of hydrogen-bond donors (Lipinski definition) is 1. The molecule has 31 heavy (non-hydrogen) atoms. The van der Waals surface area contributed by atoms with Gasteiger partial charge in [-0.1, -0.05) is 6.07 Å². The highest BCUT2D eigenvalue weighted by Crippen LogP contribution is 2.35. The molecule has 1 atom stereocenters. The summed E-state index contributed by atoms with van der Waals surface area (Å²) < 4.78 is 33.4. The number of likely N-dealkylation sites (tertiary alicyclic amines) is 1. The Labute approximate surface area is 188 Å². The normalized spacial score (nSPS) is 20.2. The maximum atomic E-state index is 13.1. The predicted octanol–water partition coefficient (Wildman–Crippen LogP) is 3.71. The van der Waals surface area contributed by atoms with Crippen molar-refractivity contribution >= 4 is 33.0 Å². The van der Waals surface area contributed by atoms with Gasteiger partial charge in [-0.05, 0) is 68.8 Å². The van der Waals surface area contributed by atoms with Crippen LogP contribution in [0.3, 0.4) is 0 Å². The van der Waals surface area contributed by atoms with Gasteiger partial charge in [0.1, 0.15) is 10.6 Å². The van der Waals surface area contributed by atoms with Crippen molar-refractivity contribution in [3.63, 3.8) is 0 Å². The maximum Gasteiger partial charge on any atom is 0.246 e. The standard InChI is InChI=1S/C22H29N3O4S2/c1-2-29-19-10-9-17(15-21(19)31(27,28)25-12-3-4-13-25)23-22(26)16-24-11-5-7-18(24)20-8-6-14-30-20/h6,8-10,14-15,18H,2-5,7,11-13,16H2,1H3,(H,23,26)/t18-/m1/s1. The Balaban J connectivity index is 1.50. The Bertz CT molecular complexity index is 1000. The van der Waals surface area contributed by atoms with Gasteiger partial charge in [0.2, 0.25) is 15.9 Å². The lowest BCUT2D eigenvalue weighted by Crippen LogP contribution is -2.32. The molecule has 7 nitrogen and oxygen atoms in total. The lowest BCUT2D eigenvalue weighted by molar-refractivity contribution is -0.117. The van der Waals surface area contributed by atoms with Crippen LogP contribution in [0.1, 0.15) is 43.5 Å². The molecular formula is C22H29N3O4S2. The van der Waals surface area contributed by atoms with Crippen molar-refractivity contribution in [2.75, 3.05) is 38.1 Å². The van der Waals surface area contributed by atoms with Crippen LogP contribution < -0.4 is 10.1 Å². The van der Waals surface area contributed by atoms with Crippen LogP contribution in [0.2, 0.25) is 0 Å². The number of nitrogens with zero attached hydrogens (tertiary/aromatic N) is 2. The third-order valence-electron chi connectivity index (χ3n) is 5.79. The first-order valence-electron chi connectivity index (χ1n) is 10.8. The highest BCUT2D eigenvalue weighted by molar-refractivity contribution is 7.89. The molecule has 2 aliphatic heterocycles. The predicted molar refractivity (Wildman–Crippen MR) is 122 cm³/mol. The van der Waals surface area contributed by atoms with Crippen LogP contribution in [0.25, 0.3) is 0 Å². The summed E-state index contributed by atoms with van der Waals surface area (Å²) in [5.74, 6) is 0.182. The number of thiophene rings is 1. The zero-order valence-electron chi connectivity index (χ0n) is 17.7. The first-order valence-corrected chi connectivity index (χ1v) is 13.2. The van der Waals surface area contributed by atoms with E-state index in [-0.39, 0.29) is 23.4 Å². The Morgan fingerprint density at radius 1 is 1.19 bits per heavy atom. The quantitative estimate of drug-likeness (QED) is 0.646. The molecule has 0 unspecified atom stereocenters. The number of hydrogen-bond acceptors (Lipinski definition) is 6. The van der Waals surface area contributed by atoms with Gasteiger partial charge < -0.3 is 10.1 Å². The highest BCUT2D eigenvalue weighted by Gasteiger charge is 2.31. The lowest BCUT2D eigenvalue weighted by Gasteiger charge is -2.23. The van der Waals surface area contributed by atoms with Crippen molar-refractivity contribution in [3.8, 4) is 5.75 Å². The molecule has 0 bridgehead atoms. The van der Waals surface area contributed by atoms with Crippen molar-refractivity contribution in [1.82, 2.24) is 9.21 Å². The minimum atomic E-state index is -3.66. The molecule has 0 saturated carbocycles. The zero-order valence-corrected chi connectivity index (χ0v) is 19.4. The van der Waals surface area contributed by atoms with E-state index >= 15 is 0 Å².